The molecule has 346 valence electrons. The van der Waals surface area contributed by atoms with Crippen molar-refractivity contribution in [2.75, 3.05) is 21.3 Å². The second-order valence-corrected chi connectivity index (χ2v) is 18.1. The van der Waals surface area contributed by atoms with Crippen LogP contribution >= 0.6 is 0 Å². The molecule has 0 radical (unpaired) electrons. The molecule has 2 aromatic carbocycles. The van der Waals surface area contributed by atoms with Crippen LogP contribution in [0.2, 0.25) is 0 Å². The molecular weight excluding hydrogens is 849 g/mol. The van der Waals surface area contributed by atoms with Gasteiger partial charge in [-0.3, -0.25) is 29.1 Å². The molecule has 4 heterocycles. The average molecular weight is 907 g/mol. The predicted molar refractivity (Wildman–Crippen MR) is 271 cm³/mol. The Morgan fingerprint density at radius 3 is 0.912 bits per heavy atom. The van der Waals surface area contributed by atoms with Gasteiger partial charge in [0, 0.05) is 58.7 Å². The lowest BCUT2D eigenvalue weighted by molar-refractivity contribution is 0.0998. The zero-order chi connectivity index (χ0) is 49.4. The largest absolute Gasteiger partial charge is 0.320 e. The smallest absolute Gasteiger partial charge is 0.274 e. The SMILES string of the molecule is Cc1cncc(C)c1NC(=O)c1cccc(C(=O)Nc2c(C(C)C)cc(C#CC#Cc3cc(C(C)C)c(NC(=O)c4cccc(C(=O)Nc5c(C)cncc5C)n4)c(C(C)C)c3)cc2C(C)C)n1. The Balaban J connectivity index is 1.23. The van der Waals surface area contributed by atoms with Crippen molar-refractivity contribution in [2.24, 2.45) is 0 Å². The van der Waals surface area contributed by atoms with E-state index in [-0.39, 0.29) is 46.4 Å². The van der Waals surface area contributed by atoms with Gasteiger partial charge >= 0.3 is 0 Å². The fourth-order valence-electron chi connectivity index (χ4n) is 7.72. The molecule has 0 aliphatic carbocycles. The highest BCUT2D eigenvalue weighted by Crippen LogP contribution is 2.36. The third-order valence-corrected chi connectivity index (χ3v) is 11.4. The number of anilines is 4. The molecule has 4 N–H and O–H groups in total. The van der Waals surface area contributed by atoms with Gasteiger partial charge in [0.25, 0.3) is 23.6 Å². The Morgan fingerprint density at radius 1 is 0.412 bits per heavy atom. The molecule has 6 aromatic rings. The fraction of sp³-hybridized carbons (Fsp3) is 0.286. The average Bonchev–Trinajstić information content (AvgIpc) is 3.30. The fourth-order valence-corrected chi connectivity index (χ4v) is 7.72. The van der Waals surface area contributed by atoms with Gasteiger partial charge < -0.3 is 21.3 Å². The molecule has 12 heteroatoms. The number of hydrogen-bond acceptors (Lipinski definition) is 8. The first kappa shape index (κ1) is 49.5. The minimum absolute atomic E-state index is 0.0286. The predicted octanol–water partition coefficient (Wildman–Crippen LogP) is 11.4. The molecule has 0 bridgehead atoms. The number of amides is 4. The summed E-state index contributed by atoms with van der Waals surface area (Å²) in [5, 5.41) is 12.1. The molecule has 0 atom stereocenters. The van der Waals surface area contributed by atoms with Crippen LogP contribution in [0.5, 0.6) is 0 Å². The Kier molecular flexibility index (Phi) is 15.7. The highest BCUT2D eigenvalue weighted by atomic mass is 16.2. The zero-order valence-electron chi connectivity index (χ0n) is 40.8. The van der Waals surface area contributed by atoms with Gasteiger partial charge in [-0.05, 0) is 156 Å². The summed E-state index contributed by atoms with van der Waals surface area (Å²) in [6.07, 6.45) is 6.71. The molecule has 6 rings (SSSR count). The molecule has 0 saturated carbocycles. The van der Waals surface area contributed by atoms with Gasteiger partial charge in [0.15, 0.2) is 0 Å². The van der Waals surface area contributed by atoms with E-state index in [2.05, 4.69) is 120 Å². The van der Waals surface area contributed by atoms with Crippen molar-refractivity contribution in [1.82, 2.24) is 19.9 Å². The number of aryl methyl sites for hydroxylation is 4. The molecule has 0 aliphatic rings. The lowest BCUT2D eigenvalue weighted by atomic mass is 9.90. The standard InChI is InChI=1S/C56H58N8O4/c1-31(2)41-23-39(24-42(32(3)4)51(41)63-55(67)47-21-15-19-45(59-47)53(65)61-49-35(9)27-57-28-36(49)10)17-13-14-18-40-25-43(33(5)6)52(44(26-40)34(7)8)64-56(68)48-22-16-20-46(60-48)54(66)62-50-37(11)29-58-30-38(50)12/h15-16,19-34H,1-12H3,(H,63,67)(H,64,68)(H,57,61,65)(H,58,62,66). The number of pyridine rings is 4. The van der Waals surface area contributed by atoms with E-state index >= 15 is 0 Å². The van der Waals surface area contributed by atoms with Crippen LogP contribution in [-0.4, -0.2) is 43.6 Å². The third kappa shape index (κ3) is 11.7. The number of hydrogen-bond donors (Lipinski definition) is 4. The van der Waals surface area contributed by atoms with Gasteiger partial charge in [-0.2, -0.15) is 0 Å². The summed E-state index contributed by atoms with van der Waals surface area (Å²) >= 11 is 0. The second-order valence-electron chi connectivity index (χ2n) is 18.1. The summed E-state index contributed by atoms with van der Waals surface area (Å²) < 4.78 is 0. The van der Waals surface area contributed by atoms with E-state index < -0.39 is 23.6 Å². The minimum Gasteiger partial charge on any atom is -0.320 e. The van der Waals surface area contributed by atoms with E-state index in [0.717, 1.165) is 55.6 Å². The van der Waals surface area contributed by atoms with Crippen LogP contribution in [0.3, 0.4) is 0 Å². The Bertz CT molecular complexity index is 2770. The number of aromatic nitrogens is 4. The molecule has 0 spiro atoms. The van der Waals surface area contributed by atoms with Crippen LogP contribution in [0.4, 0.5) is 22.7 Å². The molecule has 12 nitrogen and oxygen atoms in total. The monoisotopic (exact) mass is 906 g/mol. The first-order chi connectivity index (χ1) is 32.3. The van der Waals surface area contributed by atoms with Crippen LogP contribution in [0.25, 0.3) is 0 Å². The summed E-state index contributed by atoms with van der Waals surface area (Å²) in [7, 11) is 0. The van der Waals surface area contributed by atoms with Gasteiger partial charge in [0.1, 0.15) is 22.8 Å². The number of nitrogens with zero attached hydrogens (tertiary/aromatic N) is 4. The van der Waals surface area contributed by atoms with Crippen molar-refractivity contribution in [3.63, 3.8) is 0 Å². The Hall–Kier alpha value is -7.96. The van der Waals surface area contributed by atoms with Crippen molar-refractivity contribution in [3.8, 4) is 23.7 Å². The summed E-state index contributed by atoms with van der Waals surface area (Å²) in [5.41, 5.74) is 11.5. The topological polar surface area (TPSA) is 168 Å². The van der Waals surface area contributed by atoms with E-state index in [0.29, 0.717) is 22.7 Å². The van der Waals surface area contributed by atoms with Crippen LogP contribution < -0.4 is 21.3 Å². The highest BCUT2D eigenvalue weighted by molar-refractivity contribution is 6.08. The van der Waals surface area contributed by atoms with Gasteiger partial charge in [0.2, 0.25) is 0 Å². The zero-order valence-corrected chi connectivity index (χ0v) is 40.8. The molecular formula is C56H58N8O4. The molecule has 0 aliphatic heterocycles. The lowest BCUT2D eigenvalue weighted by Crippen LogP contribution is -2.20. The molecule has 0 fully saturated rings. The van der Waals surface area contributed by atoms with Crippen LogP contribution in [0.1, 0.15) is 177 Å². The van der Waals surface area contributed by atoms with Gasteiger partial charge in [-0.15, -0.1) is 0 Å². The number of carbonyl (C=O) groups is 4. The van der Waals surface area contributed by atoms with Crippen molar-refractivity contribution in [1.29, 1.82) is 0 Å². The maximum absolute atomic E-state index is 13.8. The highest BCUT2D eigenvalue weighted by Gasteiger charge is 2.23. The summed E-state index contributed by atoms with van der Waals surface area (Å²) in [5.74, 6) is 11.0. The quantitative estimate of drug-likeness (QED) is 0.0880. The lowest BCUT2D eigenvalue weighted by Gasteiger charge is -2.21. The Labute approximate surface area is 399 Å². The number of rotatable bonds is 12. The summed E-state index contributed by atoms with van der Waals surface area (Å²) in [6, 6.07) is 17.5. The van der Waals surface area contributed by atoms with Gasteiger partial charge in [-0.1, -0.05) is 79.4 Å². The van der Waals surface area contributed by atoms with E-state index in [9.17, 15) is 19.2 Å². The van der Waals surface area contributed by atoms with E-state index in [1.807, 2.05) is 52.0 Å². The van der Waals surface area contributed by atoms with Crippen LogP contribution in [0.15, 0.2) is 85.5 Å². The van der Waals surface area contributed by atoms with Crippen molar-refractivity contribution in [2.45, 2.75) is 107 Å². The minimum atomic E-state index is -0.436. The summed E-state index contributed by atoms with van der Waals surface area (Å²) in [4.78, 5) is 71.3. The number of benzene rings is 2. The van der Waals surface area contributed by atoms with Crippen LogP contribution in [-0.2, 0) is 0 Å². The molecule has 0 unspecified atom stereocenters. The molecule has 68 heavy (non-hydrogen) atoms. The van der Waals surface area contributed by atoms with E-state index in [1.54, 1.807) is 61.2 Å². The molecule has 0 saturated heterocycles. The first-order valence-electron chi connectivity index (χ1n) is 22.7. The maximum Gasteiger partial charge on any atom is 0.274 e. The molecule has 4 amide bonds. The molecule has 4 aromatic heterocycles. The van der Waals surface area contributed by atoms with Gasteiger partial charge in [-0.25, -0.2) is 9.97 Å². The number of nitrogens with one attached hydrogen (secondary N) is 4. The van der Waals surface area contributed by atoms with Crippen molar-refractivity contribution >= 4 is 46.4 Å². The second kappa shape index (κ2) is 21.6. The normalized spacial score (nSPS) is 10.9. The van der Waals surface area contributed by atoms with Crippen molar-refractivity contribution in [3.05, 3.63) is 164 Å². The first-order valence-corrected chi connectivity index (χ1v) is 22.7. The maximum atomic E-state index is 13.8. The van der Waals surface area contributed by atoms with Gasteiger partial charge in [0.05, 0.1) is 0 Å². The van der Waals surface area contributed by atoms with Crippen LogP contribution in [0, 0.1) is 51.4 Å². The summed E-state index contributed by atoms with van der Waals surface area (Å²) in [6.45, 7) is 23.9. The Morgan fingerprint density at radius 2 is 0.662 bits per heavy atom. The van der Waals surface area contributed by atoms with E-state index in [4.69, 9.17) is 0 Å². The van der Waals surface area contributed by atoms with E-state index in [1.165, 1.54) is 0 Å². The number of carbonyl (C=O) groups excluding carboxylic acids is 4. The third-order valence-electron chi connectivity index (χ3n) is 11.4. The van der Waals surface area contributed by atoms with Crippen molar-refractivity contribution < 1.29 is 19.2 Å².